The molecular formula is C13H15N3. The van der Waals surface area contributed by atoms with E-state index in [0.29, 0.717) is 0 Å². The molecule has 0 radical (unpaired) electrons. The predicted molar refractivity (Wildman–Crippen MR) is 66.7 cm³/mol. The van der Waals surface area contributed by atoms with Gasteiger partial charge in [0.1, 0.15) is 0 Å². The largest absolute Gasteiger partial charge is 0.325 e. The Bertz CT molecular complexity index is 469. The summed E-state index contributed by atoms with van der Waals surface area (Å²) in [5.41, 5.74) is 8.89. The lowest BCUT2D eigenvalue weighted by Crippen LogP contribution is -2.09. The number of benzene rings is 1. The number of nitrogens with one attached hydrogen (secondary N) is 1. The van der Waals surface area contributed by atoms with E-state index in [1.54, 1.807) is 6.20 Å². The molecule has 1 atom stereocenters. The Morgan fingerprint density at radius 1 is 1.31 bits per heavy atom. The average molecular weight is 213 g/mol. The zero-order chi connectivity index (χ0) is 11.4. The van der Waals surface area contributed by atoms with Gasteiger partial charge in [-0.15, -0.1) is 0 Å². The minimum absolute atomic E-state index is 0.0542. The highest BCUT2D eigenvalue weighted by molar-refractivity contribution is 5.71. The van der Waals surface area contributed by atoms with Crippen molar-refractivity contribution in [1.29, 1.82) is 0 Å². The van der Waals surface area contributed by atoms with E-state index >= 15 is 0 Å². The normalized spacial score (nSPS) is 13.1. The maximum absolute atomic E-state index is 5.68. The predicted octanol–water partition coefficient (Wildman–Crippen LogP) is 2.44. The van der Waals surface area contributed by atoms with E-state index in [4.69, 9.17) is 5.73 Å². The summed E-state index contributed by atoms with van der Waals surface area (Å²) in [7, 11) is 0. The van der Waals surface area contributed by atoms with Gasteiger partial charge in [-0.05, 0) is 6.92 Å². The van der Waals surface area contributed by atoms with E-state index < -0.39 is 0 Å². The van der Waals surface area contributed by atoms with E-state index in [-0.39, 0.29) is 6.04 Å². The Balaban J connectivity index is 2.33. The first-order valence-electron chi connectivity index (χ1n) is 5.30. The van der Waals surface area contributed by atoms with Crippen LogP contribution < -0.4 is 5.73 Å². The number of aromatic nitrogens is 2. The van der Waals surface area contributed by atoms with Crippen molar-refractivity contribution in [2.75, 3.05) is 0 Å². The lowest BCUT2D eigenvalue weighted by molar-refractivity contribution is 0.931. The number of hydrogen-bond acceptors (Lipinski definition) is 2. The third-order valence-corrected chi connectivity index (χ3v) is 2.31. The van der Waals surface area contributed by atoms with Crippen LogP contribution in [0.15, 0.2) is 42.6 Å². The first kappa shape index (κ1) is 10.6. The second kappa shape index (κ2) is 4.77. The van der Waals surface area contributed by atoms with Gasteiger partial charge in [0.05, 0.1) is 11.9 Å². The highest BCUT2D eigenvalue weighted by atomic mass is 15.1. The molecule has 0 amide bonds. The zero-order valence-electron chi connectivity index (χ0n) is 9.22. The van der Waals surface area contributed by atoms with Gasteiger partial charge in [-0.25, -0.2) is 0 Å². The summed E-state index contributed by atoms with van der Waals surface area (Å²) in [5, 5.41) is 7.06. The molecule has 0 saturated carbocycles. The van der Waals surface area contributed by atoms with E-state index in [9.17, 15) is 0 Å². The molecule has 1 unspecified atom stereocenters. The molecule has 0 bridgehead atoms. The molecular weight excluding hydrogens is 198 g/mol. The summed E-state index contributed by atoms with van der Waals surface area (Å²) < 4.78 is 0. The van der Waals surface area contributed by atoms with Crippen LogP contribution in [0.4, 0.5) is 0 Å². The van der Waals surface area contributed by atoms with Gasteiger partial charge in [-0.1, -0.05) is 42.5 Å². The van der Waals surface area contributed by atoms with Gasteiger partial charge in [0.25, 0.3) is 0 Å². The van der Waals surface area contributed by atoms with Crippen molar-refractivity contribution in [1.82, 2.24) is 10.2 Å². The molecule has 2 aromatic rings. The summed E-state index contributed by atoms with van der Waals surface area (Å²) in [6.07, 6.45) is 5.76. The fourth-order valence-electron chi connectivity index (χ4n) is 1.51. The van der Waals surface area contributed by atoms with E-state index in [0.717, 1.165) is 16.8 Å². The van der Waals surface area contributed by atoms with Gasteiger partial charge < -0.3 is 5.73 Å². The van der Waals surface area contributed by atoms with Gasteiger partial charge in [-0.2, -0.15) is 5.10 Å². The molecule has 1 aromatic carbocycles. The van der Waals surface area contributed by atoms with Crippen LogP contribution >= 0.6 is 0 Å². The molecule has 3 nitrogen and oxygen atoms in total. The maximum Gasteiger partial charge on any atom is 0.0722 e. The van der Waals surface area contributed by atoms with Crippen LogP contribution in [0.2, 0.25) is 0 Å². The molecule has 0 saturated heterocycles. The molecule has 0 aliphatic carbocycles. The molecule has 1 aromatic heterocycles. The molecule has 3 N–H and O–H groups in total. The number of nitrogens with two attached hydrogens (primary N) is 1. The fourth-order valence-corrected chi connectivity index (χ4v) is 1.51. The molecule has 0 aliphatic rings. The number of rotatable bonds is 3. The topological polar surface area (TPSA) is 54.7 Å². The zero-order valence-corrected chi connectivity index (χ0v) is 9.22. The summed E-state index contributed by atoms with van der Waals surface area (Å²) in [6, 6.07) is 10.2. The van der Waals surface area contributed by atoms with Crippen molar-refractivity contribution in [3.05, 3.63) is 48.2 Å². The van der Waals surface area contributed by atoms with Crippen LogP contribution in [-0.4, -0.2) is 16.2 Å². The summed E-state index contributed by atoms with van der Waals surface area (Å²) in [4.78, 5) is 0. The van der Waals surface area contributed by atoms with Gasteiger partial charge in [-0.3, -0.25) is 5.10 Å². The molecule has 0 aliphatic heterocycles. The van der Waals surface area contributed by atoms with E-state index in [2.05, 4.69) is 22.3 Å². The van der Waals surface area contributed by atoms with Gasteiger partial charge in [0.15, 0.2) is 0 Å². The summed E-state index contributed by atoms with van der Waals surface area (Å²) in [6.45, 7) is 1.94. The third-order valence-electron chi connectivity index (χ3n) is 2.31. The average Bonchev–Trinajstić information content (AvgIpc) is 2.75. The third kappa shape index (κ3) is 2.38. The molecule has 1 heterocycles. The van der Waals surface area contributed by atoms with Crippen molar-refractivity contribution < 1.29 is 0 Å². The van der Waals surface area contributed by atoms with Gasteiger partial charge in [0.2, 0.25) is 0 Å². The van der Waals surface area contributed by atoms with E-state index in [1.807, 2.05) is 37.3 Å². The molecule has 16 heavy (non-hydrogen) atoms. The first-order valence-corrected chi connectivity index (χ1v) is 5.30. The smallest absolute Gasteiger partial charge is 0.0722 e. The van der Waals surface area contributed by atoms with Crippen molar-refractivity contribution in [2.24, 2.45) is 5.73 Å². The molecule has 0 fully saturated rings. The van der Waals surface area contributed by atoms with Crippen molar-refractivity contribution in [3.63, 3.8) is 0 Å². The molecule has 82 valence electrons. The highest BCUT2D eigenvalue weighted by Crippen LogP contribution is 2.21. The summed E-state index contributed by atoms with van der Waals surface area (Å²) >= 11 is 0. The lowest BCUT2D eigenvalue weighted by atomic mass is 10.1. The van der Waals surface area contributed by atoms with E-state index in [1.165, 1.54) is 0 Å². The van der Waals surface area contributed by atoms with Crippen molar-refractivity contribution >= 4 is 6.08 Å². The Labute approximate surface area is 95.0 Å². The van der Waals surface area contributed by atoms with Crippen LogP contribution in [0.5, 0.6) is 0 Å². The van der Waals surface area contributed by atoms with Crippen LogP contribution in [0.25, 0.3) is 17.3 Å². The van der Waals surface area contributed by atoms with Crippen molar-refractivity contribution in [3.8, 4) is 11.3 Å². The van der Waals surface area contributed by atoms with Crippen LogP contribution in [-0.2, 0) is 0 Å². The number of H-pyrrole nitrogens is 1. The highest BCUT2D eigenvalue weighted by Gasteiger charge is 2.03. The van der Waals surface area contributed by atoms with Crippen LogP contribution in [0, 0.1) is 0 Å². The van der Waals surface area contributed by atoms with Crippen LogP contribution in [0.1, 0.15) is 12.5 Å². The van der Waals surface area contributed by atoms with Crippen LogP contribution in [0.3, 0.4) is 0 Å². The van der Waals surface area contributed by atoms with Crippen molar-refractivity contribution in [2.45, 2.75) is 13.0 Å². The number of aromatic amines is 1. The number of hydrogen-bond donors (Lipinski definition) is 2. The minimum atomic E-state index is 0.0542. The fraction of sp³-hybridized carbons (Fsp3) is 0.154. The first-order chi connectivity index (χ1) is 7.77. The monoisotopic (exact) mass is 213 g/mol. The molecule has 0 spiro atoms. The second-order valence-electron chi connectivity index (χ2n) is 3.78. The Kier molecular flexibility index (Phi) is 3.17. The molecule has 2 rings (SSSR count). The lowest BCUT2D eigenvalue weighted by Gasteiger charge is -1.99. The second-order valence-corrected chi connectivity index (χ2v) is 3.78. The Morgan fingerprint density at radius 3 is 2.75 bits per heavy atom. The minimum Gasteiger partial charge on any atom is -0.325 e. The standard InChI is InChI=1S/C13H15N3/c1-10(14)7-8-12-9-15-16-13(12)11-5-3-2-4-6-11/h2-10H,14H2,1H3,(H,15,16)/b8-7+. The van der Waals surface area contributed by atoms with Gasteiger partial charge in [0, 0.05) is 17.2 Å². The van der Waals surface area contributed by atoms with Gasteiger partial charge >= 0.3 is 0 Å². The Hall–Kier alpha value is -1.87. The quantitative estimate of drug-likeness (QED) is 0.822. The number of nitrogens with zero attached hydrogens (tertiary/aromatic N) is 1. The molecule has 3 heteroatoms. The Morgan fingerprint density at radius 2 is 2.06 bits per heavy atom. The SMILES string of the molecule is CC(N)/C=C/c1cn[nH]c1-c1ccccc1. The summed E-state index contributed by atoms with van der Waals surface area (Å²) in [5.74, 6) is 0. The maximum atomic E-state index is 5.68.